The number of hydrogen-bond acceptors (Lipinski definition) is 3. The monoisotopic (exact) mass is 369 g/mol. The van der Waals surface area contributed by atoms with Gasteiger partial charge in [-0.05, 0) is 11.1 Å². The van der Waals surface area contributed by atoms with Gasteiger partial charge in [0, 0.05) is 38.9 Å². The van der Waals surface area contributed by atoms with Crippen molar-refractivity contribution >= 4 is 5.96 Å². The van der Waals surface area contributed by atoms with Gasteiger partial charge in [-0.15, -0.1) is 0 Å². The van der Waals surface area contributed by atoms with E-state index in [1.54, 1.807) is 30.1 Å². The zero-order valence-corrected chi connectivity index (χ0v) is 14.7. The first-order valence-corrected chi connectivity index (χ1v) is 8.00. The van der Waals surface area contributed by atoms with E-state index in [1.807, 2.05) is 25.4 Å². The highest BCUT2D eigenvalue weighted by molar-refractivity contribution is 5.79. The first-order chi connectivity index (χ1) is 12.4. The molecule has 9 heteroatoms. The van der Waals surface area contributed by atoms with Gasteiger partial charge in [0.15, 0.2) is 5.96 Å². The molecule has 0 aliphatic heterocycles. The highest BCUT2D eigenvalue weighted by Gasteiger charge is 2.27. The summed E-state index contributed by atoms with van der Waals surface area (Å²) in [4.78, 5) is 4.15. The zero-order valence-electron chi connectivity index (χ0n) is 14.7. The molecule has 0 radical (unpaired) electrons. The van der Waals surface area contributed by atoms with Gasteiger partial charge in [-0.1, -0.05) is 24.3 Å². The van der Waals surface area contributed by atoms with Gasteiger partial charge in [0.1, 0.15) is 6.61 Å². The Bertz CT molecular complexity index is 710. The standard InChI is InChI=1S/C17H22F3N5O/c1-21-16(23-8-15-9-24-25(2)10-15)22-7-13-3-5-14(6-4-13)11-26-12-17(18,19)20/h3-6,9-10H,7-8,11-12H2,1-2H3,(H2,21,22,23). The molecule has 0 spiro atoms. The van der Waals surface area contributed by atoms with E-state index in [1.165, 1.54) is 0 Å². The zero-order chi connectivity index (χ0) is 19.0. The molecule has 0 amide bonds. The Morgan fingerprint density at radius 2 is 1.73 bits per heavy atom. The van der Waals surface area contributed by atoms with Gasteiger partial charge >= 0.3 is 6.18 Å². The van der Waals surface area contributed by atoms with E-state index in [4.69, 9.17) is 0 Å². The van der Waals surface area contributed by atoms with E-state index >= 15 is 0 Å². The van der Waals surface area contributed by atoms with Crippen molar-refractivity contribution < 1.29 is 17.9 Å². The average molecular weight is 369 g/mol. The molecule has 0 saturated heterocycles. The van der Waals surface area contributed by atoms with Crippen LogP contribution >= 0.6 is 0 Å². The molecule has 2 aromatic rings. The summed E-state index contributed by atoms with van der Waals surface area (Å²) in [6, 6.07) is 7.18. The lowest BCUT2D eigenvalue weighted by molar-refractivity contribution is -0.176. The summed E-state index contributed by atoms with van der Waals surface area (Å²) in [5.74, 6) is 0.645. The molecular formula is C17H22F3N5O. The fraction of sp³-hybridized carbons (Fsp3) is 0.412. The minimum Gasteiger partial charge on any atom is -0.367 e. The maximum absolute atomic E-state index is 12.0. The van der Waals surface area contributed by atoms with Crippen LogP contribution in [0.3, 0.4) is 0 Å². The molecule has 0 atom stereocenters. The number of alkyl halides is 3. The van der Waals surface area contributed by atoms with Gasteiger partial charge in [-0.2, -0.15) is 18.3 Å². The summed E-state index contributed by atoms with van der Waals surface area (Å²) < 4.78 is 42.5. The lowest BCUT2D eigenvalue weighted by Gasteiger charge is -2.12. The predicted octanol–water partition coefficient (Wildman–Crippen LogP) is 2.36. The fourth-order valence-corrected chi connectivity index (χ4v) is 2.19. The minimum absolute atomic E-state index is 0.0679. The third-order valence-corrected chi connectivity index (χ3v) is 3.46. The van der Waals surface area contributed by atoms with Gasteiger partial charge in [0.2, 0.25) is 0 Å². The van der Waals surface area contributed by atoms with Crippen molar-refractivity contribution in [2.75, 3.05) is 13.7 Å². The first kappa shape index (κ1) is 19.8. The molecule has 0 aliphatic carbocycles. The lowest BCUT2D eigenvalue weighted by Crippen LogP contribution is -2.36. The predicted molar refractivity (Wildman–Crippen MR) is 92.4 cm³/mol. The number of rotatable bonds is 7. The van der Waals surface area contributed by atoms with Gasteiger partial charge in [-0.3, -0.25) is 9.67 Å². The summed E-state index contributed by atoms with van der Waals surface area (Å²) in [6.45, 7) is -0.170. The van der Waals surface area contributed by atoms with Crippen LogP contribution in [0, 0.1) is 0 Å². The summed E-state index contributed by atoms with van der Waals surface area (Å²) in [7, 11) is 3.54. The Morgan fingerprint density at radius 1 is 1.12 bits per heavy atom. The van der Waals surface area contributed by atoms with Crippen molar-refractivity contribution in [2.45, 2.75) is 25.9 Å². The Labute approximate surface area is 150 Å². The Hall–Kier alpha value is -2.55. The highest BCUT2D eigenvalue weighted by atomic mass is 19.4. The van der Waals surface area contributed by atoms with Crippen LogP contribution in [0.5, 0.6) is 0 Å². The SMILES string of the molecule is CN=C(NCc1ccc(COCC(F)(F)F)cc1)NCc1cnn(C)c1. The average Bonchev–Trinajstić information content (AvgIpc) is 3.00. The van der Waals surface area contributed by atoms with Crippen molar-refractivity contribution in [3.8, 4) is 0 Å². The highest BCUT2D eigenvalue weighted by Crippen LogP contribution is 2.15. The molecule has 0 saturated carbocycles. The van der Waals surface area contributed by atoms with E-state index in [9.17, 15) is 13.2 Å². The first-order valence-electron chi connectivity index (χ1n) is 8.00. The van der Waals surface area contributed by atoms with Crippen LogP contribution in [0.4, 0.5) is 13.2 Å². The van der Waals surface area contributed by atoms with E-state index in [2.05, 4.69) is 25.5 Å². The molecule has 0 bridgehead atoms. The third-order valence-electron chi connectivity index (χ3n) is 3.46. The van der Waals surface area contributed by atoms with E-state index in [0.717, 1.165) is 11.1 Å². The number of ether oxygens (including phenoxy) is 1. The molecule has 1 aromatic heterocycles. The Morgan fingerprint density at radius 3 is 2.27 bits per heavy atom. The van der Waals surface area contributed by atoms with E-state index in [-0.39, 0.29) is 6.61 Å². The van der Waals surface area contributed by atoms with E-state index < -0.39 is 12.8 Å². The summed E-state index contributed by atoms with van der Waals surface area (Å²) in [5, 5.41) is 10.5. The Balaban J connectivity index is 1.75. The fourth-order valence-electron chi connectivity index (χ4n) is 2.19. The van der Waals surface area contributed by atoms with Crippen LogP contribution in [-0.4, -0.2) is 35.6 Å². The smallest absolute Gasteiger partial charge is 0.367 e. The minimum atomic E-state index is -4.30. The van der Waals surface area contributed by atoms with Crippen LogP contribution in [0.1, 0.15) is 16.7 Å². The van der Waals surface area contributed by atoms with Crippen molar-refractivity contribution in [2.24, 2.45) is 12.0 Å². The van der Waals surface area contributed by atoms with Gasteiger partial charge in [0.25, 0.3) is 0 Å². The second kappa shape index (κ2) is 9.23. The number of aromatic nitrogens is 2. The number of aliphatic imine (C=N–C) groups is 1. The molecule has 1 aromatic carbocycles. The molecule has 0 aliphatic rings. The van der Waals surface area contributed by atoms with Crippen molar-refractivity contribution in [3.05, 3.63) is 53.3 Å². The molecule has 26 heavy (non-hydrogen) atoms. The molecule has 0 fully saturated rings. The number of benzene rings is 1. The molecule has 0 unspecified atom stereocenters. The molecule has 1 heterocycles. The van der Waals surface area contributed by atoms with Gasteiger partial charge < -0.3 is 15.4 Å². The van der Waals surface area contributed by atoms with E-state index in [0.29, 0.717) is 24.6 Å². The number of hydrogen-bond donors (Lipinski definition) is 2. The number of nitrogens with zero attached hydrogens (tertiary/aromatic N) is 3. The second-order valence-electron chi connectivity index (χ2n) is 5.73. The quantitative estimate of drug-likeness (QED) is 0.581. The normalized spacial score (nSPS) is 12.3. The van der Waals surface area contributed by atoms with Gasteiger partial charge in [0.05, 0.1) is 12.8 Å². The maximum atomic E-state index is 12.0. The van der Waals surface area contributed by atoms with Crippen molar-refractivity contribution in [1.82, 2.24) is 20.4 Å². The van der Waals surface area contributed by atoms with Crippen LogP contribution < -0.4 is 10.6 Å². The van der Waals surface area contributed by atoms with Crippen LogP contribution in [0.2, 0.25) is 0 Å². The van der Waals surface area contributed by atoms with Crippen molar-refractivity contribution in [3.63, 3.8) is 0 Å². The Kier molecular flexibility index (Phi) is 7.02. The summed E-state index contributed by atoms with van der Waals surface area (Å²) >= 11 is 0. The molecular weight excluding hydrogens is 347 g/mol. The van der Waals surface area contributed by atoms with Crippen molar-refractivity contribution in [1.29, 1.82) is 0 Å². The second-order valence-corrected chi connectivity index (χ2v) is 5.73. The molecule has 2 N–H and O–H groups in total. The molecule has 6 nitrogen and oxygen atoms in total. The number of halogens is 3. The maximum Gasteiger partial charge on any atom is 0.411 e. The van der Waals surface area contributed by atoms with Crippen LogP contribution in [0.25, 0.3) is 0 Å². The largest absolute Gasteiger partial charge is 0.411 e. The summed E-state index contributed by atoms with van der Waals surface area (Å²) in [6.07, 6.45) is -0.609. The third kappa shape index (κ3) is 7.14. The summed E-state index contributed by atoms with van der Waals surface area (Å²) in [5.41, 5.74) is 2.71. The topological polar surface area (TPSA) is 63.5 Å². The van der Waals surface area contributed by atoms with Gasteiger partial charge in [-0.25, -0.2) is 0 Å². The number of guanidine groups is 1. The molecule has 142 valence electrons. The van der Waals surface area contributed by atoms with Crippen LogP contribution in [0.15, 0.2) is 41.7 Å². The molecule has 2 rings (SSSR count). The number of nitrogens with one attached hydrogen (secondary N) is 2. The van der Waals surface area contributed by atoms with Crippen LogP contribution in [-0.2, 0) is 31.5 Å². The number of aryl methyl sites for hydroxylation is 1. The lowest BCUT2D eigenvalue weighted by atomic mass is 10.1.